The summed E-state index contributed by atoms with van der Waals surface area (Å²) >= 11 is 0. The monoisotopic (exact) mass is 261 g/mol. The Morgan fingerprint density at radius 1 is 1.22 bits per heavy atom. The van der Waals surface area contributed by atoms with Crippen LogP contribution in [0.2, 0.25) is 0 Å². The first kappa shape index (κ1) is 14.0. The van der Waals surface area contributed by atoms with Crippen LogP contribution in [0.4, 0.5) is 17.3 Å². The SMILES string of the molecule is F[B-](F)(F)F.N#[N+]C1=NOC(c2ccccc2)C1. The minimum Gasteiger partial charge on any atom is -0.418 e. The van der Waals surface area contributed by atoms with E-state index >= 15 is 0 Å². The molecule has 0 bridgehead atoms. The highest BCUT2D eigenvalue weighted by molar-refractivity contribution is 6.50. The van der Waals surface area contributed by atoms with Gasteiger partial charge in [-0.1, -0.05) is 30.3 Å². The van der Waals surface area contributed by atoms with Crippen LogP contribution < -0.4 is 0 Å². The van der Waals surface area contributed by atoms with Gasteiger partial charge in [0.25, 0.3) is 0 Å². The first-order valence-corrected chi connectivity index (χ1v) is 4.90. The lowest BCUT2D eigenvalue weighted by atomic mass is 10.1. The standard InChI is InChI=1S/C9H8N3O.BF4/c10-11-9-6-8(13-12-9)7-4-2-1-3-5-7;2-1(3,4)5/h1-5,8H,6H2;/q+1;-1. The van der Waals surface area contributed by atoms with E-state index in [2.05, 4.69) is 10.1 Å². The molecule has 1 aliphatic heterocycles. The van der Waals surface area contributed by atoms with E-state index in [1.807, 2.05) is 30.3 Å². The minimum absolute atomic E-state index is 0.105. The highest BCUT2D eigenvalue weighted by Crippen LogP contribution is 2.26. The smallest absolute Gasteiger partial charge is 0.418 e. The Hall–Kier alpha value is -2.11. The van der Waals surface area contributed by atoms with Crippen molar-refractivity contribution in [3.05, 3.63) is 40.9 Å². The average Bonchev–Trinajstić information content (AvgIpc) is 2.76. The van der Waals surface area contributed by atoms with Crippen LogP contribution in [0.3, 0.4) is 0 Å². The van der Waals surface area contributed by atoms with Crippen molar-refractivity contribution < 1.29 is 22.1 Å². The number of nitrogens with zero attached hydrogens (tertiary/aromatic N) is 3. The molecule has 0 aromatic heterocycles. The Balaban J connectivity index is 0.000000280. The van der Waals surface area contributed by atoms with E-state index < -0.39 is 7.25 Å². The Labute approximate surface area is 100.0 Å². The van der Waals surface area contributed by atoms with Gasteiger partial charge in [-0.2, -0.15) is 0 Å². The third kappa shape index (κ3) is 5.29. The molecule has 0 N–H and O–H groups in total. The van der Waals surface area contributed by atoms with Crippen molar-refractivity contribution in [2.24, 2.45) is 5.16 Å². The third-order valence-electron chi connectivity index (χ3n) is 1.94. The van der Waals surface area contributed by atoms with Crippen molar-refractivity contribution in [3.63, 3.8) is 0 Å². The van der Waals surface area contributed by atoms with Gasteiger partial charge in [-0.3, -0.25) is 4.84 Å². The number of diazo groups is 1. The van der Waals surface area contributed by atoms with Gasteiger partial charge in [-0.05, 0) is 5.56 Å². The average molecular weight is 261 g/mol. The van der Waals surface area contributed by atoms with Gasteiger partial charge >= 0.3 is 13.1 Å². The van der Waals surface area contributed by atoms with Crippen molar-refractivity contribution >= 4 is 13.1 Å². The van der Waals surface area contributed by atoms with Crippen LogP contribution >= 0.6 is 0 Å². The molecule has 1 aliphatic rings. The summed E-state index contributed by atoms with van der Waals surface area (Å²) in [5.74, 6) is 0.342. The Morgan fingerprint density at radius 2 is 1.78 bits per heavy atom. The first-order chi connectivity index (χ1) is 8.40. The van der Waals surface area contributed by atoms with E-state index in [0.29, 0.717) is 12.3 Å². The van der Waals surface area contributed by atoms with Gasteiger partial charge in [0.15, 0.2) is 11.3 Å². The van der Waals surface area contributed by atoms with Crippen LogP contribution in [0, 0.1) is 5.39 Å². The molecule has 0 fully saturated rings. The number of oxime groups is 1. The largest absolute Gasteiger partial charge is 0.673 e. The summed E-state index contributed by atoms with van der Waals surface area (Å²) in [6, 6.07) is 9.73. The fraction of sp³-hybridized carbons (Fsp3) is 0.222. The van der Waals surface area contributed by atoms with Gasteiger partial charge in [-0.25, -0.2) is 0 Å². The summed E-state index contributed by atoms with van der Waals surface area (Å²) < 4.78 is 39.0. The normalized spacial score (nSPS) is 17.9. The highest BCUT2D eigenvalue weighted by Gasteiger charge is 2.32. The molecule has 1 heterocycles. The topological polar surface area (TPSA) is 49.7 Å². The molecular formula is C9H8BF4N3O. The Kier molecular flexibility index (Phi) is 4.65. The second-order valence-electron chi connectivity index (χ2n) is 3.31. The van der Waals surface area contributed by atoms with Crippen LogP contribution in [0.15, 0.2) is 35.5 Å². The lowest BCUT2D eigenvalue weighted by Crippen LogP contribution is -2.02. The zero-order valence-corrected chi connectivity index (χ0v) is 9.01. The van der Waals surface area contributed by atoms with Crippen molar-refractivity contribution in [1.29, 1.82) is 5.39 Å². The quantitative estimate of drug-likeness (QED) is 0.440. The molecule has 18 heavy (non-hydrogen) atoms. The lowest BCUT2D eigenvalue weighted by Gasteiger charge is -2.02. The maximum atomic E-state index is 9.75. The fourth-order valence-electron chi connectivity index (χ4n) is 1.27. The van der Waals surface area contributed by atoms with E-state index in [4.69, 9.17) is 10.2 Å². The molecule has 9 heteroatoms. The molecule has 96 valence electrons. The molecule has 0 aliphatic carbocycles. The molecule has 0 amide bonds. The number of halogens is 4. The van der Waals surface area contributed by atoms with E-state index in [1.54, 1.807) is 0 Å². The van der Waals surface area contributed by atoms with Gasteiger partial charge in [-0.15, -0.1) is 0 Å². The zero-order valence-electron chi connectivity index (χ0n) is 9.01. The van der Waals surface area contributed by atoms with Gasteiger partial charge < -0.3 is 17.3 Å². The first-order valence-electron chi connectivity index (χ1n) is 4.90. The predicted octanol–water partition coefficient (Wildman–Crippen LogP) is 3.61. The fourth-order valence-corrected chi connectivity index (χ4v) is 1.27. The molecule has 1 unspecified atom stereocenters. The molecule has 0 saturated carbocycles. The minimum atomic E-state index is -6.00. The van der Waals surface area contributed by atoms with E-state index in [-0.39, 0.29) is 6.10 Å². The lowest BCUT2D eigenvalue weighted by molar-refractivity contribution is 0.0857. The van der Waals surface area contributed by atoms with Gasteiger partial charge in [0.1, 0.15) is 6.42 Å². The molecule has 1 aromatic rings. The number of hydrogen-bond acceptors (Lipinski definition) is 3. The van der Waals surface area contributed by atoms with Crippen molar-refractivity contribution in [2.45, 2.75) is 12.5 Å². The van der Waals surface area contributed by atoms with Crippen molar-refractivity contribution in [1.82, 2.24) is 0 Å². The van der Waals surface area contributed by atoms with Crippen LogP contribution in [0.5, 0.6) is 0 Å². The Morgan fingerprint density at radius 3 is 2.22 bits per heavy atom. The summed E-state index contributed by atoms with van der Waals surface area (Å²) in [5, 5.41) is 12.1. The van der Waals surface area contributed by atoms with Gasteiger partial charge in [0.05, 0.1) is 5.39 Å². The second kappa shape index (κ2) is 6.00. The molecule has 1 aromatic carbocycles. The summed E-state index contributed by atoms with van der Waals surface area (Å²) in [4.78, 5) is 8.06. The van der Waals surface area contributed by atoms with E-state index in [9.17, 15) is 17.3 Å². The van der Waals surface area contributed by atoms with Crippen LogP contribution in [-0.4, -0.2) is 13.1 Å². The predicted molar refractivity (Wildman–Crippen MR) is 57.6 cm³/mol. The van der Waals surface area contributed by atoms with E-state index in [0.717, 1.165) is 5.56 Å². The van der Waals surface area contributed by atoms with Gasteiger partial charge in [0.2, 0.25) is 0 Å². The summed E-state index contributed by atoms with van der Waals surface area (Å²) in [7, 11) is -6.00. The van der Waals surface area contributed by atoms with E-state index in [1.165, 1.54) is 0 Å². The van der Waals surface area contributed by atoms with Crippen LogP contribution in [-0.2, 0) is 4.84 Å². The molecule has 0 radical (unpaired) electrons. The molecule has 2 rings (SSSR count). The third-order valence-corrected chi connectivity index (χ3v) is 1.94. The van der Waals surface area contributed by atoms with Crippen molar-refractivity contribution in [3.8, 4) is 0 Å². The summed E-state index contributed by atoms with van der Waals surface area (Å²) in [6.07, 6.45) is 0.424. The maximum absolute atomic E-state index is 9.75. The number of benzene rings is 1. The number of amidine groups is 1. The number of rotatable bonds is 1. The molecule has 4 nitrogen and oxygen atoms in total. The molecule has 1 atom stereocenters. The second-order valence-corrected chi connectivity index (χ2v) is 3.31. The molecule has 0 saturated heterocycles. The van der Waals surface area contributed by atoms with Crippen LogP contribution in [0.25, 0.3) is 4.98 Å². The summed E-state index contributed by atoms with van der Waals surface area (Å²) in [5.41, 5.74) is 1.05. The number of hydrogen-bond donors (Lipinski definition) is 0. The molecular weight excluding hydrogens is 253 g/mol. The van der Waals surface area contributed by atoms with Crippen molar-refractivity contribution in [2.75, 3.05) is 0 Å². The van der Waals surface area contributed by atoms with Crippen LogP contribution in [0.1, 0.15) is 18.1 Å². The molecule has 0 spiro atoms. The Bertz CT molecular complexity index is 451. The van der Waals surface area contributed by atoms with Gasteiger partial charge in [0, 0.05) is 4.98 Å². The maximum Gasteiger partial charge on any atom is 0.673 e. The summed E-state index contributed by atoms with van der Waals surface area (Å²) in [6.45, 7) is 0. The highest BCUT2D eigenvalue weighted by atomic mass is 19.5. The zero-order chi connectivity index (χ0) is 13.6.